The SMILES string of the molecule is Cc1c(Cl)cccc1NC(=O)/C(C#N)=C/c1ccc(Sc2nc3ccc(NC(=O)c4ccccc4)cc3s2)c([N+](=O)[O-])c1. The fourth-order valence-electron chi connectivity index (χ4n) is 4.01. The zero-order valence-corrected chi connectivity index (χ0v) is 24.7. The predicted octanol–water partition coefficient (Wildman–Crippen LogP) is 8.12. The van der Waals surface area contributed by atoms with Gasteiger partial charge in [-0.1, -0.05) is 53.7 Å². The number of halogens is 1. The largest absolute Gasteiger partial charge is 0.322 e. The highest BCUT2D eigenvalue weighted by Gasteiger charge is 2.19. The van der Waals surface area contributed by atoms with E-state index in [2.05, 4.69) is 15.6 Å². The van der Waals surface area contributed by atoms with E-state index in [1.54, 1.807) is 79.7 Å². The number of nitro groups is 1. The molecule has 43 heavy (non-hydrogen) atoms. The van der Waals surface area contributed by atoms with Crippen LogP contribution in [0.25, 0.3) is 16.3 Å². The van der Waals surface area contributed by atoms with Crippen LogP contribution in [-0.2, 0) is 4.79 Å². The molecule has 4 aromatic carbocycles. The summed E-state index contributed by atoms with van der Waals surface area (Å²) in [5.74, 6) is -0.900. The molecule has 1 aromatic heterocycles. The molecule has 0 aliphatic heterocycles. The summed E-state index contributed by atoms with van der Waals surface area (Å²) in [5, 5.41) is 27.6. The zero-order chi connectivity index (χ0) is 30.5. The van der Waals surface area contributed by atoms with Gasteiger partial charge in [0, 0.05) is 28.0 Å². The maximum Gasteiger partial charge on any atom is 0.283 e. The van der Waals surface area contributed by atoms with E-state index in [1.165, 1.54) is 23.5 Å². The normalized spacial score (nSPS) is 11.1. The number of nitrogens with one attached hydrogen (secondary N) is 2. The van der Waals surface area contributed by atoms with Crippen molar-refractivity contribution in [2.24, 2.45) is 0 Å². The van der Waals surface area contributed by atoms with Gasteiger partial charge < -0.3 is 10.6 Å². The average Bonchev–Trinajstić information content (AvgIpc) is 3.40. The van der Waals surface area contributed by atoms with Gasteiger partial charge in [-0.25, -0.2) is 4.98 Å². The van der Waals surface area contributed by atoms with E-state index in [4.69, 9.17) is 11.6 Å². The van der Waals surface area contributed by atoms with Gasteiger partial charge in [-0.2, -0.15) is 5.26 Å². The number of amides is 2. The van der Waals surface area contributed by atoms with E-state index in [0.29, 0.717) is 47.8 Å². The second-order valence-corrected chi connectivity index (χ2v) is 11.8. The van der Waals surface area contributed by atoms with E-state index in [0.717, 1.165) is 16.5 Å². The van der Waals surface area contributed by atoms with Gasteiger partial charge in [-0.15, -0.1) is 11.3 Å². The molecule has 0 unspecified atom stereocenters. The molecular formula is C31H20ClN5O4S2. The van der Waals surface area contributed by atoms with Gasteiger partial charge in [0.05, 0.1) is 20.0 Å². The summed E-state index contributed by atoms with van der Waals surface area (Å²) < 4.78 is 1.37. The van der Waals surface area contributed by atoms with Crippen LogP contribution in [0.15, 0.2) is 99.7 Å². The second kappa shape index (κ2) is 12.9. The Labute approximate surface area is 259 Å². The van der Waals surface area contributed by atoms with Gasteiger partial charge in [0.15, 0.2) is 4.34 Å². The summed E-state index contributed by atoms with van der Waals surface area (Å²) >= 11 is 8.58. The lowest BCUT2D eigenvalue weighted by Gasteiger charge is -2.09. The number of carbonyl (C=O) groups excluding carboxylic acids is 2. The predicted molar refractivity (Wildman–Crippen MR) is 170 cm³/mol. The van der Waals surface area contributed by atoms with Crippen LogP contribution in [0.4, 0.5) is 17.1 Å². The molecule has 0 fully saturated rings. The van der Waals surface area contributed by atoms with Crippen molar-refractivity contribution in [2.75, 3.05) is 10.6 Å². The molecule has 0 aliphatic carbocycles. The number of fused-ring (bicyclic) bond motifs is 1. The van der Waals surface area contributed by atoms with Gasteiger partial charge in [0.1, 0.15) is 11.6 Å². The molecule has 0 radical (unpaired) electrons. The lowest BCUT2D eigenvalue weighted by molar-refractivity contribution is -0.387. The summed E-state index contributed by atoms with van der Waals surface area (Å²) in [6, 6.07) is 25.5. The van der Waals surface area contributed by atoms with Crippen molar-refractivity contribution in [3.05, 3.63) is 122 Å². The molecule has 0 saturated heterocycles. The fraction of sp³-hybridized carbons (Fsp3) is 0.0323. The molecule has 9 nitrogen and oxygen atoms in total. The Morgan fingerprint density at radius 3 is 2.58 bits per heavy atom. The van der Waals surface area contributed by atoms with Gasteiger partial charge in [-0.3, -0.25) is 19.7 Å². The number of carbonyl (C=O) groups is 2. The summed E-state index contributed by atoms with van der Waals surface area (Å²) in [6.07, 6.45) is 1.29. The Bertz CT molecular complexity index is 1970. The lowest BCUT2D eigenvalue weighted by atomic mass is 10.1. The highest BCUT2D eigenvalue weighted by molar-refractivity contribution is 8.01. The number of thiazole rings is 1. The van der Waals surface area contributed by atoms with Crippen LogP contribution in [0.5, 0.6) is 0 Å². The maximum absolute atomic E-state index is 12.8. The monoisotopic (exact) mass is 625 g/mol. The number of anilines is 2. The van der Waals surface area contributed by atoms with E-state index < -0.39 is 10.8 Å². The van der Waals surface area contributed by atoms with Crippen LogP contribution in [0, 0.1) is 28.4 Å². The van der Waals surface area contributed by atoms with Crippen molar-refractivity contribution in [3.8, 4) is 6.07 Å². The summed E-state index contributed by atoms with van der Waals surface area (Å²) in [6.45, 7) is 1.74. The first kappa shape index (κ1) is 29.5. The molecule has 2 N–H and O–H groups in total. The van der Waals surface area contributed by atoms with Crippen molar-refractivity contribution in [1.82, 2.24) is 4.98 Å². The van der Waals surface area contributed by atoms with Gasteiger partial charge in [0.2, 0.25) is 0 Å². The molecule has 212 valence electrons. The van der Waals surface area contributed by atoms with Crippen LogP contribution in [0.3, 0.4) is 0 Å². The summed E-state index contributed by atoms with van der Waals surface area (Å²) in [5.41, 5.74) is 2.82. The Morgan fingerprint density at radius 1 is 1.05 bits per heavy atom. The van der Waals surface area contributed by atoms with E-state index >= 15 is 0 Å². The molecule has 1 heterocycles. The number of nitro benzene ring substituents is 1. The molecule has 5 aromatic rings. The third-order valence-electron chi connectivity index (χ3n) is 6.23. The standard InChI is InChI=1S/C31H20ClN5O4S2/c1-18-23(32)8-5-9-24(18)35-30(39)21(17-33)14-19-10-13-27(26(15-19)37(40)41)42-31-36-25-12-11-22(16-28(25)43-31)34-29(38)20-6-3-2-4-7-20/h2-16H,1H3,(H,34,38)(H,35,39)/b21-14+. The molecule has 2 amide bonds. The van der Waals surface area contributed by atoms with Crippen molar-refractivity contribution in [1.29, 1.82) is 5.26 Å². The topological polar surface area (TPSA) is 138 Å². The Hall–Kier alpha value is -5.02. The van der Waals surface area contributed by atoms with Gasteiger partial charge >= 0.3 is 0 Å². The van der Waals surface area contributed by atoms with Crippen molar-refractivity contribution >= 4 is 79.9 Å². The number of aromatic nitrogens is 1. The number of hydrogen-bond donors (Lipinski definition) is 2. The number of nitriles is 1. The van der Waals surface area contributed by atoms with Crippen LogP contribution in [0.2, 0.25) is 5.02 Å². The van der Waals surface area contributed by atoms with Crippen molar-refractivity contribution < 1.29 is 14.5 Å². The zero-order valence-electron chi connectivity index (χ0n) is 22.3. The van der Waals surface area contributed by atoms with Gasteiger partial charge in [-0.05, 0) is 72.7 Å². The molecule has 0 spiro atoms. The highest BCUT2D eigenvalue weighted by atomic mass is 35.5. The highest BCUT2D eigenvalue weighted by Crippen LogP contribution is 2.40. The number of rotatable bonds is 8. The molecule has 0 bridgehead atoms. The quantitative estimate of drug-likeness (QED) is 0.0768. The molecule has 0 atom stereocenters. The first-order valence-corrected chi connectivity index (χ1v) is 14.6. The van der Waals surface area contributed by atoms with Crippen LogP contribution >= 0.6 is 34.7 Å². The fourth-order valence-corrected chi connectivity index (χ4v) is 6.34. The van der Waals surface area contributed by atoms with Crippen LogP contribution in [-0.4, -0.2) is 21.7 Å². The summed E-state index contributed by atoms with van der Waals surface area (Å²) in [4.78, 5) is 41.6. The van der Waals surface area contributed by atoms with Crippen molar-refractivity contribution in [2.45, 2.75) is 16.2 Å². The lowest BCUT2D eigenvalue weighted by Crippen LogP contribution is -2.14. The van der Waals surface area contributed by atoms with E-state index in [-0.39, 0.29) is 17.2 Å². The third-order valence-corrected chi connectivity index (χ3v) is 8.78. The second-order valence-electron chi connectivity index (χ2n) is 9.11. The van der Waals surface area contributed by atoms with Crippen molar-refractivity contribution in [3.63, 3.8) is 0 Å². The smallest absolute Gasteiger partial charge is 0.283 e. The molecular weight excluding hydrogens is 606 g/mol. The Morgan fingerprint density at radius 2 is 1.84 bits per heavy atom. The Balaban J connectivity index is 1.35. The minimum atomic E-state index is -0.664. The minimum absolute atomic E-state index is 0.197. The van der Waals surface area contributed by atoms with E-state index in [9.17, 15) is 25.0 Å². The number of nitrogens with zero attached hydrogens (tertiary/aromatic N) is 3. The van der Waals surface area contributed by atoms with Gasteiger partial charge in [0.25, 0.3) is 17.5 Å². The Kier molecular flexibility index (Phi) is 8.82. The molecule has 0 saturated carbocycles. The first-order chi connectivity index (χ1) is 20.7. The molecule has 0 aliphatic rings. The van der Waals surface area contributed by atoms with Crippen LogP contribution in [0.1, 0.15) is 21.5 Å². The third kappa shape index (κ3) is 6.90. The molecule has 12 heteroatoms. The molecule has 5 rings (SSSR count). The summed E-state index contributed by atoms with van der Waals surface area (Å²) in [7, 11) is 0. The minimum Gasteiger partial charge on any atom is -0.322 e. The number of hydrogen-bond acceptors (Lipinski definition) is 8. The number of benzene rings is 4. The maximum atomic E-state index is 12.8. The first-order valence-electron chi connectivity index (χ1n) is 12.6. The van der Waals surface area contributed by atoms with E-state index in [1.807, 2.05) is 12.1 Å². The van der Waals surface area contributed by atoms with Crippen LogP contribution < -0.4 is 10.6 Å². The average molecular weight is 626 g/mol.